The number of hydrogen-bond acceptors (Lipinski definition) is 0. The summed E-state index contributed by atoms with van der Waals surface area (Å²) in [4.78, 5) is 0. The molecule has 0 unspecified atom stereocenters. The van der Waals surface area contributed by atoms with Gasteiger partial charge in [0.1, 0.15) is 0 Å². The van der Waals surface area contributed by atoms with Gasteiger partial charge in [-0.05, 0) is 78.8 Å². The Kier molecular flexibility index (Phi) is 5.72. The van der Waals surface area contributed by atoms with Crippen LogP contribution in [0.4, 0.5) is 0 Å². The fourth-order valence-electron chi connectivity index (χ4n) is 4.01. The summed E-state index contributed by atoms with van der Waals surface area (Å²) in [6, 6.07) is 25.2. The van der Waals surface area contributed by atoms with Gasteiger partial charge in [-0.3, -0.25) is 0 Å². The van der Waals surface area contributed by atoms with Crippen molar-refractivity contribution in [3.05, 3.63) is 94.5 Å². The van der Waals surface area contributed by atoms with Crippen LogP contribution in [0, 0.1) is 6.92 Å². The lowest BCUT2D eigenvalue weighted by Crippen LogP contribution is -2.07. The first-order chi connectivity index (χ1) is 13.3. The van der Waals surface area contributed by atoms with Crippen molar-refractivity contribution in [3.8, 4) is 11.1 Å². The second-order valence-corrected chi connectivity index (χ2v) is 8.08. The molecule has 0 aliphatic heterocycles. The summed E-state index contributed by atoms with van der Waals surface area (Å²) in [7, 11) is 0. The second kappa shape index (κ2) is 8.57. The average molecular weight is 355 g/mol. The van der Waals surface area contributed by atoms with Gasteiger partial charge in [0.25, 0.3) is 0 Å². The summed E-state index contributed by atoms with van der Waals surface area (Å²) in [5.41, 5.74) is 10.1. The quantitative estimate of drug-likeness (QED) is 0.378. The molecule has 0 heterocycles. The molecule has 1 aliphatic rings. The zero-order valence-electron chi connectivity index (χ0n) is 16.5. The normalized spacial score (nSPS) is 12.5. The van der Waals surface area contributed by atoms with E-state index < -0.39 is 0 Å². The third-order valence-electron chi connectivity index (χ3n) is 5.96. The topological polar surface area (TPSA) is 0 Å². The van der Waals surface area contributed by atoms with Gasteiger partial charge >= 0.3 is 0 Å². The molecule has 0 radical (unpaired) electrons. The molecule has 0 saturated carbocycles. The van der Waals surface area contributed by atoms with Gasteiger partial charge < -0.3 is 0 Å². The molecule has 0 bridgehead atoms. The Bertz CT molecular complexity index is 869. The van der Waals surface area contributed by atoms with Crippen molar-refractivity contribution >= 4 is 0 Å². The predicted molar refractivity (Wildman–Crippen MR) is 116 cm³/mol. The van der Waals surface area contributed by atoms with E-state index in [-0.39, 0.29) is 0 Å². The molecule has 0 aromatic heterocycles. The third-order valence-corrected chi connectivity index (χ3v) is 5.96. The van der Waals surface area contributed by atoms with Crippen LogP contribution in [0.1, 0.15) is 53.5 Å². The fraction of sp³-hybridized carbons (Fsp3) is 0.333. The Hall–Kier alpha value is -2.34. The van der Waals surface area contributed by atoms with E-state index in [0.717, 1.165) is 0 Å². The van der Waals surface area contributed by atoms with Crippen molar-refractivity contribution in [1.29, 1.82) is 0 Å². The molecule has 0 nitrogen and oxygen atoms in total. The van der Waals surface area contributed by atoms with Crippen molar-refractivity contribution in [2.45, 2.75) is 58.3 Å². The molecule has 0 heteroatoms. The fourth-order valence-corrected chi connectivity index (χ4v) is 4.01. The molecule has 0 spiro atoms. The summed E-state index contributed by atoms with van der Waals surface area (Å²) in [6.07, 6.45) is 10.2. The number of unbranched alkanes of at least 4 members (excludes halogenated alkanes) is 3. The van der Waals surface area contributed by atoms with Crippen molar-refractivity contribution in [1.82, 2.24) is 0 Å². The van der Waals surface area contributed by atoms with Gasteiger partial charge in [-0.1, -0.05) is 85.1 Å². The standard InChI is InChI=1S/C27H30/c1-21-8-10-22(11-9-21)6-4-2-3-5-7-23-12-14-24(15-13-23)26-18-16-25-17-19-27(25)20-26/h8-16,18,20H,2-7,17,19H2,1H3. The third kappa shape index (κ3) is 4.69. The lowest BCUT2D eigenvalue weighted by molar-refractivity contribution is 0.640. The van der Waals surface area contributed by atoms with Gasteiger partial charge in [0.15, 0.2) is 0 Å². The van der Waals surface area contributed by atoms with Crippen LogP contribution in [0.3, 0.4) is 0 Å². The Balaban J connectivity index is 1.19. The molecular formula is C27H30. The van der Waals surface area contributed by atoms with Crippen LogP contribution in [-0.4, -0.2) is 0 Å². The van der Waals surface area contributed by atoms with Gasteiger partial charge in [0.05, 0.1) is 0 Å². The van der Waals surface area contributed by atoms with Crippen LogP contribution in [0.5, 0.6) is 0 Å². The zero-order chi connectivity index (χ0) is 18.5. The number of rotatable bonds is 8. The zero-order valence-corrected chi connectivity index (χ0v) is 16.5. The second-order valence-electron chi connectivity index (χ2n) is 8.08. The number of fused-ring (bicyclic) bond motifs is 1. The molecular weight excluding hydrogens is 324 g/mol. The average Bonchev–Trinajstić information content (AvgIpc) is 2.67. The molecule has 0 atom stereocenters. The Morgan fingerprint density at radius 2 is 1.11 bits per heavy atom. The largest absolute Gasteiger partial charge is 0.0591 e. The first-order valence-electron chi connectivity index (χ1n) is 10.5. The lowest BCUT2D eigenvalue weighted by atomic mass is 9.86. The summed E-state index contributed by atoms with van der Waals surface area (Å²) < 4.78 is 0. The first kappa shape index (κ1) is 18.0. The maximum absolute atomic E-state index is 2.38. The van der Waals surface area contributed by atoms with E-state index in [9.17, 15) is 0 Å². The number of hydrogen-bond donors (Lipinski definition) is 0. The first-order valence-corrected chi connectivity index (χ1v) is 10.5. The summed E-state index contributed by atoms with van der Waals surface area (Å²) in [5, 5.41) is 0. The summed E-state index contributed by atoms with van der Waals surface area (Å²) >= 11 is 0. The van der Waals surface area contributed by atoms with E-state index in [1.54, 1.807) is 5.56 Å². The van der Waals surface area contributed by atoms with Crippen molar-refractivity contribution < 1.29 is 0 Å². The van der Waals surface area contributed by atoms with Gasteiger partial charge in [-0.15, -0.1) is 0 Å². The highest BCUT2D eigenvalue weighted by molar-refractivity contribution is 5.66. The molecule has 0 fully saturated rings. The van der Waals surface area contributed by atoms with Crippen molar-refractivity contribution in [3.63, 3.8) is 0 Å². The number of aryl methyl sites for hydroxylation is 5. The maximum Gasteiger partial charge on any atom is -0.0181 e. The smallest absolute Gasteiger partial charge is 0.0181 e. The minimum atomic E-state index is 1.20. The van der Waals surface area contributed by atoms with E-state index >= 15 is 0 Å². The van der Waals surface area contributed by atoms with Gasteiger partial charge in [-0.25, -0.2) is 0 Å². The predicted octanol–water partition coefficient (Wildman–Crippen LogP) is 7.11. The molecule has 3 aromatic rings. The van der Waals surface area contributed by atoms with E-state index in [1.807, 2.05) is 0 Å². The van der Waals surface area contributed by atoms with Gasteiger partial charge in [-0.2, -0.15) is 0 Å². The monoisotopic (exact) mass is 354 g/mol. The van der Waals surface area contributed by atoms with Crippen LogP contribution in [0.2, 0.25) is 0 Å². The van der Waals surface area contributed by atoms with Crippen LogP contribution < -0.4 is 0 Å². The minimum Gasteiger partial charge on any atom is -0.0591 e. The van der Waals surface area contributed by atoms with Gasteiger partial charge in [0, 0.05) is 0 Å². The van der Waals surface area contributed by atoms with E-state index in [4.69, 9.17) is 0 Å². The molecule has 0 saturated heterocycles. The van der Waals surface area contributed by atoms with Crippen LogP contribution in [0.25, 0.3) is 11.1 Å². The molecule has 0 N–H and O–H groups in total. The molecule has 27 heavy (non-hydrogen) atoms. The highest BCUT2D eigenvalue weighted by Crippen LogP contribution is 2.29. The Morgan fingerprint density at radius 3 is 1.67 bits per heavy atom. The van der Waals surface area contributed by atoms with Crippen LogP contribution in [-0.2, 0) is 25.7 Å². The maximum atomic E-state index is 2.38. The van der Waals surface area contributed by atoms with Gasteiger partial charge in [0.2, 0.25) is 0 Å². The molecule has 4 rings (SSSR count). The SMILES string of the molecule is Cc1ccc(CCCCCCc2ccc(-c3ccc4c(c3)CC4)cc2)cc1. The Labute approximate surface area is 164 Å². The minimum absolute atomic E-state index is 1.20. The van der Waals surface area contributed by atoms with E-state index in [0.29, 0.717) is 0 Å². The summed E-state index contributed by atoms with van der Waals surface area (Å²) in [6.45, 7) is 2.15. The van der Waals surface area contributed by atoms with Crippen molar-refractivity contribution in [2.24, 2.45) is 0 Å². The van der Waals surface area contributed by atoms with Crippen molar-refractivity contribution in [2.75, 3.05) is 0 Å². The summed E-state index contributed by atoms with van der Waals surface area (Å²) in [5.74, 6) is 0. The molecule has 3 aromatic carbocycles. The molecule has 1 aliphatic carbocycles. The highest BCUT2D eigenvalue weighted by Gasteiger charge is 2.13. The van der Waals surface area contributed by atoms with E-state index in [2.05, 4.69) is 73.7 Å². The van der Waals surface area contributed by atoms with Crippen LogP contribution >= 0.6 is 0 Å². The molecule has 0 amide bonds. The molecule has 138 valence electrons. The van der Waals surface area contributed by atoms with Crippen LogP contribution in [0.15, 0.2) is 66.7 Å². The highest BCUT2D eigenvalue weighted by atomic mass is 14.2. The Morgan fingerprint density at radius 1 is 0.556 bits per heavy atom. The van der Waals surface area contributed by atoms with E-state index in [1.165, 1.54) is 84.7 Å². The number of benzene rings is 3. The lowest BCUT2D eigenvalue weighted by Gasteiger charge is -2.19.